The molecule has 0 bridgehead atoms. The number of hydrogen-bond acceptors (Lipinski definition) is 4. The van der Waals surface area contributed by atoms with E-state index in [1.54, 1.807) is 18.4 Å². The van der Waals surface area contributed by atoms with Gasteiger partial charge < -0.3 is 10.1 Å². The van der Waals surface area contributed by atoms with Gasteiger partial charge in [-0.1, -0.05) is 35.6 Å². The molecule has 2 aromatic rings. The van der Waals surface area contributed by atoms with E-state index in [0.717, 1.165) is 10.0 Å². The average Bonchev–Trinajstić information content (AvgIpc) is 2.79. The summed E-state index contributed by atoms with van der Waals surface area (Å²) in [4.78, 5) is 5.44. The van der Waals surface area contributed by atoms with E-state index in [1.807, 2.05) is 25.4 Å². The van der Waals surface area contributed by atoms with Crippen molar-refractivity contribution >= 4 is 16.5 Å². The van der Waals surface area contributed by atoms with Crippen LogP contribution in [0.2, 0.25) is 0 Å². The maximum Gasteiger partial charge on any atom is 0.182 e. The molecule has 3 nitrogen and oxygen atoms in total. The fourth-order valence-electron chi connectivity index (χ4n) is 1.56. The van der Waals surface area contributed by atoms with Crippen LogP contribution >= 0.6 is 11.3 Å². The van der Waals surface area contributed by atoms with Crippen molar-refractivity contribution in [2.75, 3.05) is 19.5 Å². The molecular weight excluding hydrogens is 220 g/mol. The summed E-state index contributed by atoms with van der Waals surface area (Å²) < 4.78 is 5.19. The highest BCUT2D eigenvalue weighted by Crippen LogP contribution is 2.31. The Morgan fingerprint density at radius 3 is 2.88 bits per heavy atom. The predicted molar refractivity (Wildman–Crippen MR) is 67.8 cm³/mol. The molecule has 1 aromatic heterocycles. The lowest BCUT2D eigenvalue weighted by Crippen LogP contribution is -1.90. The molecule has 0 aliphatic rings. The van der Waals surface area contributed by atoms with E-state index in [4.69, 9.17) is 4.74 Å². The number of anilines is 1. The minimum Gasteiger partial charge on any atom is -0.380 e. The molecule has 0 saturated heterocycles. The number of ether oxygens (including phenoxy) is 1. The van der Waals surface area contributed by atoms with Crippen LogP contribution in [0.15, 0.2) is 30.5 Å². The van der Waals surface area contributed by atoms with Gasteiger partial charge in [-0.25, -0.2) is 4.98 Å². The van der Waals surface area contributed by atoms with Gasteiger partial charge >= 0.3 is 0 Å². The molecule has 84 valence electrons. The standard InChI is InChI=1S/C12H14N2OS/c1-13-12-14-7-11(16-12)10-6-4-3-5-9(10)8-15-2/h3-7H,8H2,1-2H3,(H,13,14). The highest BCUT2D eigenvalue weighted by atomic mass is 32.1. The Morgan fingerprint density at radius 1 is 1.38 bits per heavy atom. The maximum absolute atomic E-state index is 5.19. The molecule has 0 atom stereocenters. The van der Waals surface area contributed by atoms with E-state index >= 15 is 0 Å². The van der Waals surface area contributed by atoms with E-state index < -0.39 is 0 Å². The van der Waals surface area contributed by atoms with E-state index in [1.165, 1.54) is 11.1 Å². The monoisotopic (exact) mass is 234 g/mol. The summed E-state index contributed by atoms with van der Waals surface area (Å²) in [6.07, 6.45) is 1.89. The minimum atomic E-state index is 0.628. The topological polar surface area (TPSA) is 34.2 Å². The summed E-state index contributed by atoms with van der Waals surface area (Å²) in [5.74, 6) is 0. The average molecular weight is 234 g/mol. The number of hydrogen-bond donors (Lipinski definition) is 1. The lowest BCUT2D eigenvalue weighted by atomic mass is 10.1. The van der Waals surface area contributed by atoms with Crippen LogP contribution < -0.4 is 5.32 Å². The molecule has 16 heavy (non-hydrogen) atoms. The van der Waals surface area contributed by atoms with Gasteiger partial charge in [0.2, 0.25) is 0 Å². The zero-order valence-corrected chi connectivity index (χ0v) is 10.2. The summed E-state index contributed by atoms with van der Waals surface area (Å²) in [5.41, 5.74) is 2.39. The zero-order valence-electron chi connectivity index (χ0n) is 9.36. The number of methoxy groups -OCH3 is 1. The normalized spacial score (nSPS) is 10.4. The second-order valence-electron chi connectivity index (χ2n) is 3.37. The second kappa shape index (κ2) is 5.09. The first-order valence-corrected chi connectivity index (χ1v) is 5.87. The molecule has 4 heteroatoms. The molecule has 1 aromatic carbocycles. The number of rotatable bonds is 4. The molecule has 0 aliphatic carbocycles. The molecule has 0 amide bonds. The smallest absolute Gasteiger partial charge is 0.182 e. The summed E-state index contributed by atoms with van der Waals surface area (Å²) in [6, 6.07) is 8.24. The van der Waals surface area contributed by atoms with E-state index in [9.17, 15) is 0 Å². The third-order valence-electron chi connectivity index (χ3n) is 2.30. The molecule has 0 radical (unpaired) electrons. The molecule has 0 spiro atoms. The first kappa shape index (κ1) is 11.1. The first-order chi connectivity index (χ1) is 7.85. The number of aromatic nitrogens is 1. The van der Waals surface area contributed by atoms with E-state index in [0.29, 0.717) is 6.61 Å². The van der Waals surface area contributed by atoms with Crippen molar-refractivity contribution in [3.63, 3.8) is 0 Å². The lowest BCUT2D eigenvalue weighted by molar-refractivity contribution is 0.185. The largest absolute Gasteiger partial charge is 0.380 e. The zero-order chi connectivity index (χ0) is 11.4. The Kier molecular flexibility index (Phi) is 3.54. The molecule has 1 N–H and O–H groups in total. The van der Waals surface area contributed by atoms with Crippen LogP contribution in [0.4, 0.5) is 5.13 Å². The fraction of sp³-hybridized carbons (Fsp3) is 0.250. The SMILES string of the molecule is CNc1ncc(-c2ccccc2COC)s1. The van der Waals surface area contributed by atoms with Crippen LogP contribution in [0.1, 0.15) is 5.56 Å². The molecule has 1 heterocycles. The number of nitrogens with zero attached hydrogens (tertiary/aromatic N) is 1. The maximum atomic E-state index is 5.19. The Hall–Kier alpha value is -1.39. The predicted octanol–water partition coefficient (Wildman–Crippen LogP) is 3.00. The van der Waals surface area contributed by atoms with Gasteiger partial charge in [0, 0.05) is 20.4 Å². The van der Waals surface area contributed by atoms with Gasteiger partial charge in [-0.05, 0) is 11.1 Å². The van der Waals surface area contributed by atoms with Gasteiger partial charge in [0.15, 0.2) is 5.13 Å². The van der Waals surface area contributed by atoms with Crippen molar-refractivity contribution < 1.29 is 4.74 Å². The van der Waals surface area contributed by atoms with Gasteiger partial charge in [-0.2, -0.15) is 0 Å². The number of thiazole rings is 1. The second-order valence-corrected chi connectivity index (χ2v) is 4.40. The van der Waals surface area contributed by atoms with Gasteiger partial charge in [-0.3, -0.25) is 0 Å². The molecule has 0 fully saturated rings. The molecule has 2 rings (SSSR count). The van der Waals surface area contributed by atoms with Crippen molar-refractivity contribution in [3.05, 3.63) is 36.0 Å². The van der Waals surface area contributed by atoms with Crippen molar-refractivity contribution in [1.29, 1.82) is 0 Å². The summed E-state index contributed by atoms with van der Waals surface area (Å²) in [7, 11) is 3.59. The lowest BCUT2D eigenvalue weighted by Gasteiger charge is -2.05. The third-order valence-corrected chi connectivity index (χ3v) is 3.35. The van der Waals surface area contributed by atoms with Crippen LogP contribution in [-0.2, 0) is 11.3 Å². The van der Waals surface area contributed by atoms with Crippen molar-refractivity contribution in [2.45, 2.75) is 6.61 Å². The Morgan fingerprint density at radius 2 is 2.19 bits per heavy atom. The first-order valence-electron chi connectivity index (χ1n) is 5.06. The van der Waals surface area contributed by atoms with E-state index in [2.05, 4.69) is 22.4 Å². The molecule has 0 saturated carbocycles. The van der Waals surface area contributed by atoms with Gasteiger partial charge in [-0.15, -0.1) is 0 Å². The van der Waals surface area contributed by atoms with E-state index in [-0.39, 0.29) is 0 Å². The van der Waals surface area contributed by atoms with Gasteiger partial charge in [0.05, 0.1) is 11.5 Å². The Balaban J connectivity index is 2.38. The van der Waals surface area contributed by atoms with Crippen LogP contribution in [-0.4, -0.2) is 19.1 Å². The Bertz CT molecular complexity index is 468. The third kappa shape index (κ3) is 2.23. The summed E-state index contributed by atoms with van der Waals surface area (Å²) >= 11 is 1.65. The van der Waals surface area contributed by atoms with Crippen LogP contribution in [0.25, 0.3) is 10.4 Å². The van der Waals surface area contributed by atoms with Crippen molar-refractivity contribution in [3.8, 4) is 10.4 Å². The van der Waals surface area contributed by atoms with Crippen LogP contribution in [0.3, 0.4) is 0 Å². The van der Waals surface area contributed by atoms with Crippen LogP contribution in [0.5, 0.6) is 0 Å². The highest BCUT2D eigenvalue weighted by Gasteiger charge is 2.07. The highest BCUT2D eigenvalue weighted by molar-refractivity contribution is 7.18. The van der Waals surface area contributed by atoms with Crippen LogP contribution in [0, 0.1) is 0 Å². The van der Waals surface area contributed by atoms with Crippen molar-refractivity contribution in [1.82, 2.24) is 4.98 Å². The Labute approximate surface area is 99.1 Å². The fourth-order valence-corrected chi connectivity index (χ4v) is 2.39. The summed E-state index contributed by atoms with van der Waals surface area (Å²) in [5, 5.41) is 3.98. The number of nitrogens with one attached hydrogen (secondary N) is 1. The minimum absolute atomic E-state index is 0.628. The molecule has 0 unspecified atom stereocenters. The van der Waals surface area contributed by atoms with Gasteiger partial charge in [0.1, 0.15) is 0 Å². The quantitative estimate of drug-likeness (QED) is 0.883. The molecule has 0 aliphatic heterocycles. The van der Waals surface area contributed by atoms with Gasteiger partial charge in [0.25, 0.3) is 0 Å². The summed E-state index contributed by atoms with van der Waals surface area (Å²) in [6.45, 7) is 0.628. The van der Waals surface area contributed by atoms with Crippen molar-refractivity contribution in [2.24, 2.45) is 0 Å². The number of benzene rings is 1. The molecular formula is C12H14N2OS.